The summed E-state index contributed by atoms with van der Waals surface area (Å²) in [6.07, 6.45) is 1.58. The van der Waals surface area contributed by atoms with E-state index in [1.54, 1.807) is 24.3 Å². The Kier molecular flexibility index (Phi) is 4.20. The number of nitrogens with zero attached hydrogens (tertiary/aromatic N) is 3. The van der Waals surface area contributed by atoms with Crippen LogP contribution in [0, 0.1) is 10.1 Å². The lowest BCUT2D eigenvalue weighted by atomic mass is 10.1. The summed E-state index contributed by atoms with van der Waals surface area (Å²) in [7, 11) is 0. The molecule has 0 atom stereocenters. The number of nitro benzene ring substituents is 1. The molecule has 1 aromatic carbocycles. The zero-order valence-electron chi connectivity index (χ0n) is 11.5. The summed E-state index contributed by atoms with van der Waals surface area (Å²) in [4.78, 5) is 22.1. The number of rotatable bonds is 5. The van der Waals surface area contributed by atoms with Gasteiger partial charge in [0.25, 0.3) is 16.8 Å². The number of aromatic nitrogens is 2. The maximum atomic E-state index is 12.0. The van der Waals surface area contributed by atoms with Gasteiger partial charge < -0.3 is 8.83 Å². The standard InChI is InChI=1S/C14H9N3O5S/c18-12(8-9-3-5-10(6-4-9)17(19)20)23-14-16-15-13(22-14)11-2-1-7-21-11/h1-7H,8H2. The molecule has 0 unspecified atom stereocenters. The van der Waals surface area contributed by atoms with Crippen molar-refractivity contribution < 1.29 is 18.6 Å². The van der Waals surface area contributed by atoms with Gasteiger partial charge in [-0.2, -0.15) is 0 Å². The van der Waals surface area contributed by atoms with Crippen molar-refractivity contribution in [2.75, 3.05) is 0 Å². The Morgan fingerprint density at radius 2 is 2.00 bits per heavy atom. The van der Waals surface area contributed by atoms with Gasteiger partial charge in [0.15, 0.2) is 5.76 Å². The van der Waals surface area contributed by atoms with Crippen molar-refractivity contribution in [1.29, 1.82) is 0 Å². The van der Waals surface area contributed by atoms with E-state index in [4.69, 9.17) is 8.83 Å². The van der Waals surface area contributed by atoms with Gasteiger partial charge >= 0.3 is 0 Å². The highest BCUT2D eigenvalue weighted by molar-refractivity contribution is 8.13. The molecule has 0 aliphatic carbocycles. The molecule has 3 aromatic rings. The number of hydrogen-bond donors (Lipinski definition) is 0. The molecule has 0 radical (unpaired) electrons. The molecule has 23 heavy (non-hydrogen) atoms. The number of thioether (sulfide) groups is 1. The average Bonchev–Trinajstić information content (AvgIpc) is 3.18. The number of benzene rings is 1. The number of carbonyl (C=O) groups excluding carboxylic acids is 1. The van der Waals surface area contributed by atoms with Crippen LogP contribution in [0.2, 0.25) is 0 Å². The van der Waals surface area contributed by atoms with Crippen LogP contribution in [0.25, 0.3) is 11.7 Å². The van der Waals surface area contributed by atoms with Gasteiger partial charge in [0.1, 0.15) is 0 Å². The lowest BCUT2D eigenvalue weighted by Gasteiger charge is -1.98. The number of nitro groups is 1. The Hall–Kier alpha value is -2.94. The van der Waals surface area contributed by atoms with Crippen LogP contribution in [0.4, 0.5) is 5.69 Å². The molecule has 9 heteroatoms. The second-order valence-electron chi connectivity index (χ2n) is 4.42. The maximum absolute atomic E-state index is 12.0. The van der Waals surface area contributed by atoms with E-state index in [2.05, 4.69) is 10.2 Å². The SMILES string of the molecule is O=C(Cc1ccc([N+](=O)[O-])cc1)Sc1nnc(-c2ccco2)o1. The summed E-state index contributed by atoms with van der Waals surface area (Å²) in [6.45, 7) is 0. The van der Waals surface area contributed by atoms with Crippen LogP contribution in [0.3, 0.4) is 0 Å². The Morgan fingerprint density at radius 3 is 2.65 bits per heavy atom. The third kappa shape index (κ3) is 3.64. The van der Waals surface area contributed by atoms with E-state index >= 15 is 0 Å². The molecule has 0 spiro atoms. The van der Waals surface area contributed by atoms with Crippen molar-refractivity contribution in [3.8, 4) is 11.7 Å². The summed E-state index contributed by atoms with van der Waals surface area (Å²) < 4.78 is 10.4. The van der Waals surface area contributed by atoms with E-state index in [1.165, 1.54) is 18.4 Å². The summed E-state index contributed by atoms with van der Waals surface area (Å²) in [5.74, 6) is 0.618. The van der Waals surface area contributed by atoms with Crippen LogP contribution < -0.4 is 0 Å². The number of carbonyl (C=O) groups is 1. The molecule has 0 saturated heterocycles. The highest BCUT2D eigenvalue weighted by Crippen LogP contribution is 2.25. The number of hydrogen-bond acceptors (Lipinski definition) is 8. The van der Waals surface area contributed by atoms with Crippen molar-refractivity contribution in [3.05, 3.63) is 58.3 Å². The van der Waals surface area contributed by atoms with Crippen LogP contribution >= 0.6 is 11.8 Å². The number of non-ortho nitro benzene ring substituents is 1. The molecule has 0 bridgehead atoms. The lowest BCUT2D eigenvalue weighted by Crippen LogP contribution is -1.98. The molecule has 0 fully saturated rings. The van der Waals surface area contributed by atoms with Crippen molar-refractivity contribution in [3.63, 3.8) is 0 Å². The van der Waals surface area contributed by atoms with Crippen LogP contribution in [-0.4, -0.2) is 20.2 Å². The third-order valence-corrected chi connectivity index (χ3v) is 3.55. The fourth-order valence-electron chi connectivity index (χ4n) is 1.79. The molecule has 2 aromatic heterocycles. The first kappa shape index (κ1) is 15.0. The molecule has 0 saturated carbocycles. The summed E-state index contributed by atoms with van der Waals surface area (Å²) in [5.41, 5.74) is 0.646. The van der Waals surface area contributed by atoms with Gasteiger partial charge in [-0.3, -0.25) is 14.9 Å². The van der Waals surface area contributed by atoms with Crippen LogP contribution in [0.5, 0.6) is 0 Å². The summed E-state index contributed by atoms with van der Waals surface area (Å²) >= 11 is 0.812. The zero-order chi connectivity index (χ0) is 16.2. The first-order valence-electron chi connectivity index (χ1n) is 6.43. The first-order valence-corrected chi connectivity index (χ1v) is 7.25. The van der Waals surface area contributed by atoms with E-state index in [9.17, 15) is 14.9 Å². The van der Waals surface area contributed by atoms with Gasteiger partial charge in [0, 0.05) is 30.3 Å². The molecule has 2 heterocycles. The number of furan rings is 1. The predicted molar refractivity (Wildman–Crippen MR) is 79.7 cm³/mol. The minimum atomic E-state index is -0.491. The Labute approximate surface area is 133 Å². The van der Waals surface area contributed by atoms with E-state index in [1.807, 2.05) is 0 Å². The molecule has 116 valence electrons. The van der Waals surface area contributed by atoms with Crippen molar-refractivity contribution in [2.45, 2.75) is 11.6 Å². The quantitative estimate of drug-likeness (QED) is 0.398. The highest BCUT2D eigenvalue weighted by Gasteiger charge is 2.15. The van der Waals surface area contributed by atoms with Crippen molar-refractivity contribution >= 4 is 22.6 Å². The van der Waals surface area contributed by atoms with E-state index in [-0.39, 0.29) is 28.3 Å². The second kappa shape index (κ2) is 6.44. The average molecular weight is 331 g/mol. The molecule has 3 rings (SSSR count). The van der Waals surface area contributed by atoms with Gasteiger partial charge in [-0.1, -0.05) is 12.1 Å². The molecule has 0 N–H and O–H groups in total. The molecule has 0 aliphatic heterocycles. The third-order valence-electron chi connectivity index (χ3n) is 2.84. The summed E-state index contributed by atoms with van der Waals surface area (Å²) in [5, 5.41) is 18.0. The van der Waals surface area contributed by atoms with E-state index < -0.39 is 4.92 Å². The normalized spacial score (nSPS) is 10.6. The fraction of sp³-hybridized carbons (Fsp3) is 0.0714. The molecular weight excluding hydrogens is 322 g/mol. The molecule has 0 aliphatic rings. The predicted octanol–water partition coefficient (Wildman–Crippen LogP) is 3.10. The molecule has 0 amide bonds. The minimum absolute atomic E-state index is 0.0196. The minimum Gasteiger partial charge on any atom is -0.459 e. The van der Waals surface area contributed by atoms with E-state index in [0.717, 1.165) is 11.8 Å². The van der Waals surface area contributed by atoms with Crippen LogP contribution in [0.15, 0.2) is 56.7 Å². The topological polar surface area (TPSA) is 112 Å². The van der Waals surface area contributed by atoms with Crippen molar-refractivity contribution in [1.82, 2.24) is 10.2 Å². The fourth-order valence-corrected chi connectivity index (χ4v) is 2.42. The van der Waals surface area contributed by atoms with Crippen LogP contribution in [-0.2, 0) is 11.2 Å². The van der Waals surface area contributed by atoms with E-state index in [0.29, 0.717) is 11.3 Å². The lowest BCUT2D eigenvalue weighted by molar-refractivity contribution is -0.384. The van der Waals surface area contributed by atoms with Crippen molar-refractivity contribution in [2.24, 2.45) is 0 Å². The Balaban J connectivity index is 1.62. The van der Waals surface area contributed by atoms with Gasteiger partial charge in [-0.15, -0.1) is 10.2 Å². The summed E-state index contributed by atoms with van der Waals surface area (Å²) in [6, 6.07) is 9.15. The first-order chi connectivity index (χ1) is 11.1. The Bertz CT molecular complexity index is 826. The Morgan fingerprint density at radius 1 is 1.22 bits per heavy atom. The maximum Gasteiger partial charge on any atom is 0.284 e. The second-order valence-corrected chi connectivity index (χ2v) is 5.43. The molecular formula is C14H9N3O5S. The van der Waals surface area contributed by atoms with Gasteiger partial charge in [-0.05, 0) is 17.7 Å². The zero-order valence-corrected chi connectivity index (χ0v) is 12.4. The molecule has 8 nitrogen and oxygen atoms in total. The monoisotopic (exact) mass is 331 g/mol. The van der Waals surface area contributed by atoms with Gasteiger partial charge in [0.2, 0.25) is 5.12 Å². The largest absolute Gasteiger partial charge is 0.459 e. The highest BCUT2D eigenvalue weighted by atomic mass is 32.2. The van der Waals surface area contributed by atoms with Crippen LogP contribution in [0.1, 0.15) is 5.56 Å². The van der Waals surface area contributed by atoms with Gasteiger partial charge in [-0.25, -0.2) is 0 Å². The smallest absolute Gasteiger partial charge is 0.284 e. The van der Waals surface area contributed by atoms with Gasteiger partial charge in [0.05, 0.1) is 11.2 Å².